The molecule has 0 saturated carbocycles. The molecule has 0 fully saturated rings. The van der Waals surface area contributed by atoms with Crippen molar-refractivity contribution >= 4 is 17.2 Å². The van der Waals surface area contributed by atoms with Gasteiger partial charge in [0.15, 0.2) is 11.6 Å². The molecule has 5 nitrogen and oxygen atoms in total. The molecule has 0 bridgehead atoms. The SMILES string of the molecule is NC(=S)c1nccn1-c1ncc(F)cn1. The lowest BCUT2D eigenvalue weighted by molar-refractivity contribution is 0.610. The molecule has 2 aromatic heterocycles. The Balaban J connectivity index is 2.49. The molecule has 0 saturated heterocycles. The Morgan fingerprint density at radius 3 is 2.60 bits per heavy atom. The van der Waals surface area contributed by atoms with E-state index in [4.69, 9.17) is 18.0 Å². The fourth-order valence-electron chi connectivity index (χ4n) is 1.08. The van der Waals surface area contributed by atoms with Crippen molar-refractivity contribution in [1.82, 2.24) is 19.5 Å². The summed E-state index contributed by atoms with van der Waals surface area (Å²) >= 11 is 4.79. The van der Waals surface area contributed by atoms with Crippen molar-refractivity contribution in [2.75, 3.05) is 0 Å². The van der Waals surface area contributed by atoms with Gasteiger partial charge < -0.3 is 5.73 Å². The van der Waals surface area contributed by atoms with Crippen LogP contribution in [0.15, 0.2) is 24.8 Å². The number of rotatable bonds is 2. The lowest BCUT2D eigenvalue weighted by atomic mass is 10.6. The molecule has 15 heavy (non-hydrogen) atoms. The molecule has 7 heteroatoms. The number of aromatic nitrogens is 4. The molecule has 0 unspecified atom stereocenters. The number of hydrogen-bond acceptors (Lipinski definition) is 4. The van der Waals surface area contributed by atoms with Gasteiger partial charge in [0.25, 0.3) is 0 Å². The molecule has 0 aliphatic carbocycles. The predicted octanol–water partition coefficient (Wildman–Crippen LogP) is 0.436. The van der Waals surface area contributed by atoms with Gasteiger partial charge in [-0.3, -0.25) is 4.57 Å². The minimum Gasteiger partial charge on any atom is -0.387 e. The summed E-state index contributed by atoms with van der Waals surface area (Å²) < 4.78 is 14.1. The Bertz CT molecular complexity index is 492. The maximum absolute atomic E-state index is 12.6. The van der Waals surface area contributed by atoms with Gasteiger partial charge in [-0.15, -0.1) is 0 Å². The van der Waals surface area contributed by atoms with Gasteiger partial charge in [-0.05, 0) is 0 Å². The number of hydrogen-bond donors (Lipinski definition) is 1. The Hall–Kier alpha value is -1.89. The van der Waals surface area contributed by atoms with Crippen LogP contribution < -0.4 is 5.73 Å². The number of imidazole rings is 1. The molecule has 0 radical (unpaired) electrons. The molecule has 2 N–H and O–H groups in total. The van der Waals surface area contributed by atoms with Crippen LogP contribution in [0.25, 0.3) is 5.95 Å². The average molecular weight is 223 g/mol. The first-order chi connectivity index (χ1) is 7.18. The van der Waals surface area contributed by atoms with E-state index in [1.54, 1.807) is 6.20 Å². The fraction of sp³-hybridized carbons (Fsp3) is 0. The molecule has 0 spiro atoms. The van der Waals surface area contributed by atoms with Crippen LogP contribution in [-0.4, -0.2) is 24.5 Å². The molecular weight excluding hydrogens is 217 g/mol. The predicted molar refractivity (Wildman–Crippen MR) is 55.0 cm³/mol. The van der Waals surface area contributed by atoms with Crippen molar-refractivity contribution in [3.8, 4) is 5.95 Å². The van der Waals surface area contributed by atoms with E-state index in [0.29, 0.717) is 5.82 Å². The van der Waals surface area contributed by atoms with Crippen molar-refractivity contribution in [2.45, 2.75) is 0 Å². The van der Waals surface area contributed by atoms with E-state index in [1.807, 2.05) is 0 Å². The minimum atomic E-state index is -0.504. The smallest absolute Gasteiger partial charge is 0.235 e. The molecule has 0 aliphatic rings. The lowest BCUT2D eigenvalue weighted by Crippen LogP contribution is -2.17. The van der Waals surface area contributed by atoms with E-state index >= 15 is 0 Å². The highest BCUT2D eigenvalue weighted by Crippen LogP contribution is 2.05. The van der Waals surface area contributed by atoms with Crippen molar-refractivity contribution in [1.29, 1.82) is 0 Å². The van der Waals surface area contributed by atoms with Gasteiger partial charge in [0, 0.05) is 12.4 Å². The van der Waals surface area contributed by atoms with Crippen LogP contribution in [-0.2, 0) is 0 Å². The number of thiocarbonyl (C=S) groups is 1. The number of nitrogens with two attached hydrogens (primary N) is 1. The van der Waals surface area contributed by atoms with E-state index in [-0.39, 0.29) is 10.9 Å². The van der Waals surface area contributed by atoms with Crippen molar-refractivity contribution < 1.29 is 4.39 Å². The molecule has 2 rings (SSSR count). The van der Waals surface area contributed by atoms with Gasteiger partial charge in [-0.1, -0.05) is 12.2 Å². The zero-order valence-corrected chi connectivity index (χ0v) is 8.28. The molecule has 0 atom stereocenters. The van der Waals surface area contributed by atoms with Crippen LogP contribution in [0.4, 0.5) is 4.39 Å². The summed E-state index contributed by atoms with van der Waals surface area (Å²) in [6.45, 7) is 0. The first-order valence-electron chi connectivity index (χ1n) is 3.99. The second-order valence-corrected chi connectivity index (χ2v) is 3.13. The largest absolute Gasteiger partial charge is 0.387 e. The summed E-state index contributed by atoms with van der Waals surface area (Å²) in [6, 6.07) is 0. The van der Waals surface area contributed by atoms with Gasteiger partial charge in [0.1, 0.15) is 4.99 Å². The summed E-state index contributed by atoms with van der Waals surface area (Å²) in [5.41, 5.74) is 5.44. The van der Waals surface area contributed by atoms with Crippen LogP contribution in [0.5, 0.6) is 0 Å². The molecule has 76 valence electrons. The zero-order valence-electron chi connectivity index (χ0n) is 7.46. The van der Waals surface area contributed by atoms with Gasteiger partial charge in [0.05, 0.1) is 12.4 Å². The Morgan fingerprint density at radius 1 is 1.33 bits per heavy atom. The molecular formula is C8H6FN5S. The first-order valence-corrected chi connectivity index (χ1v) is 4.40. The van der Waals surface area contributed by atoms with Crippen LogP contribution in [0, 0.1) is 5.82 Å². The van der Waals surface area contributed by atoms with Gasteiger partial charge in [0.2, 0.25) is 5.95 Å². The quantitative estimate of drug-likeness (QED) is 0.748. The van der Waals surface area contributed by atoms with Gasteiger partial charge in [-0.2, -0.15) is 0 Å². The fourth-order valence-corrected chi connectivity index (χ4v) is 1.23. The second-order valence-electron chi connectivity index (χ2n) is 2.69. The zero-order chi connectivity index (χ0) is 10.8. The highest BCUT2D eigenvalue weighted by atomic mass is 32.1. The summed E-state index contributed by atoms with van der Waals surface area (Å²) in [4.78, 5) is 11.6. The normalized spacial score (nSPS) is 10.2. The van der Waals surface area contributed by atoms with E-state index < -0.39 is 5.82 Å². The molecule has 2 heterocycles. The number of halogens is 1. The minimum absolute atomic E-state index is 0.132. The van der Waals surface area contributed by atoms with E-state index in [1.165, 1.54) is 10.8 Å². The maximum Gasteiger partial charge on any atom is 0.235 e. The Morgan fingerprint density at radius 2 is 2.00 bits per heavy atom. The standard InChI is InChI=1S/C8H6FN5S/c9-5-3-12-8(13-4-5)14-2-1-11-7(14)6(10)15/h1-4H,(H2,10,15). The summed E-state index contributed by atoms with van der Waals surface area (Å²) in [5, 5.41) is 0. The second kappa shape index (κ2) is 3.70. The summed E-state index contributed by atoms with van der Waals surface area (Å²) in [5.74, 6) is 0.143. The monoisotopic (exact) mass is 223 g/mol. The molecule has 0 aromatic carbocycles. The van der Waals surface area contributed by atoms with Crippen LogP contribution in [0.1, 0.15) is 5.82 Å². The summed E-state index contributed by atoms with van der Waals surface area (Å²) in [6.07, 6.45) is 5.24. The average Bonchev–Trinajstić information content (AvgIpc) is 2.67. The van der Waals surface area contributed by atoms with Crippen LogP contribution in [0.3, 0.4) is 0 Å². The van der Waals surface area contributed by atoms with E-state index in [2.05, 4.69) is 15.0 Å². The third kappa shape index (κ3) is 1.82. The maximum atomic E-state index is 12.6. The van der Waals surface area contributed by atoms with Gasteiger partial charge >= 0.3 is 0 Å². The highest BCUT2D eigenvalue weighted by molar-refractivity contribution is 7.80. The van der Waals surface area contributed by atoms with Crippen molar-refractivity contribution in [3.05, 3.63) is 36.4 Å². The topological polar surface area (TPSA) is 69.6 Å². The Labute approximate surface area is 89.8 Å². The molecule has 2 aromatic rings. The first kappa shape index (κ1) is 9.66. The van der Waals surface area contributed by atoms with Crippen LogP contribution >= 0.6 is 12.2 Å². The lowest BCUT2D eigenvalue weighted by Gasteiger charge is -2.03. The molecule has 0 aliphatic heterocycles. The third-order valence-electron chi connectivity index (χ3n) is 1.68. The van der Waals surface area contributed by atoms with Crippen molar-refractivity contribution in [2.24, 2.45) is 5.73 Å². The Kier molecular flexibility index (Phi) is 2.38. The summed E-state index contributed by atoms with van der Waals surface area (Å²) in [7, 11) is 0. The molecule has 0 amide bonds. The van der Waals surface area contributed by atoms with Crippen molar-refractivity contribution in [3.63, 3.8) is 0 Å². The van der Waals surface area contributed by atoms with E-state index in [0.717, 1.165) is 12.4 Å². The number of nitrogens with zero attached hydrogens (tertiary/aromatic N) is 4. The third-order valence-corrected chi connectivity index (χ3v) is 1.87. The van der Waals surface area contributed by atoms with Crippen LogP contribution in [0.2, 0.25) is 0 Å². The van der Waals surface area contributed by atoms with E-state index in [9.17, 15) is 4.39 Å². The van der Waals surface area contributed by atoms with Gasteiger partial charge in [-0.25, -0.2) is 19.3 Å². The highest BCUT2D eigenvalue weighted by Gasteiger charge is 2.09.